The third kappa shape index (κ3) is 2.95. The molecule has 0 aliphatic heterocycles. The van der Waals surface area contributed by atoms with Gasteiger partial charge in [0.25, 0.3) is 0 Å². The summed E-state index contributed by atoms with van der Waals surface area (Å²) in [7, 11) is 0. The molecule has 0 heterocycles. The lowest BCUT2D eigenvalue weighted by Crippen LogP contribution is -1.95. The molecule has 0 atom stereocenters. The van der Waals surface area contributed by atoms with Gasteiger partial charge in [0.05, 0.1) is 5.56 Å². The standard InChI is InChI=1S/C13H12O2/c1-3-4-5-10(2)11-6-8-12(9-7-11)13(14)15/h3-9H,1-2H2,(H,14,15)/b5-4-. The van der Waals surface area contributed by atoms with Crippen LogP contribution in [-0.2, 0) is 0 Å². The van der Waals surface area contributed by atoms with E-state index in [0.717, 1.165) is 11.1 Å². The smallest absolute Gasteiger partial charge is 0.335 e. The zero-order valence-corrected chi connectivity index (χ0v) is 8.31. The first-order chi connectivity index (χ1) is 7.15. The molecule has 0 aliphatic rings. The summed E-state index contributed by atoms with van der Waals surface area (Å²) in [5.74, 6) is -0.922. The first kappa shape index (κ1) is 11.0. The maximum absolute atomic E-state index is 10.6. The topological polar surface area (TPSA) is 37.3 Å². The Morgan fingerprint density at radius 1 is 1.20 bits per heavy atom. The minimum absolute atomic E-state index is 0.277. The quantitative estimate of drug-likeness (QED) is 0.758. The van der Waals surface area contributed by atoms with Gasteiger partial charge in [0.15, 0.2) is 0 Å². The first-order valence-corrected chi connectivity index (χ1v) is 4.47. The van der Waals surface area contributed by atoms with Gasteiger partial charge in [0.1, 0.15) is 0 Å². The second-order valence-corrected chi connectivity index (χ2v) is 3.00. The molecule has 15 heavy (non-hydrogen) atoms. The fourth-order valence-electron chi connectivity index (χ4n) is 1.11. The van der Waals surface area contributed by atoms with Crippen molar-refractivity contribution in [1.29, 1.82) is 0 Å². The summed E-state index contributed by atoms with van der Waals surface area (Å²) in [6, 6.07) is 6.59. The summed E-state index contributed by atoms with van der Waals surface area (Å²) in [4.78, 5) is 10.6. The maximum Gasteiger partial charge on any atom is 0.335 e. The van der Waals surface area contributed by atoms with Crippen molar-refractivity contribution in [1.82, 2.24) is 0 Å². The molecule has 0 spiro atoms. The van der Waals surface area contributed by atoms with Crippen molar-refractivity contribution in [2.45, 2.75) is 0 Å². The van der Waals surface area contributed by atoms with Crippen LogP contribution < -0.4 is 0 Å². The number of rotatable bonds is 4. The van der Waals surface area contributed by atoms with Crippen molar-refractivity contribution in [3.05, 3.63) is 66.8 Å². The van der Waals surface area contributed by atoms with E-state index in [1.807, 2.05) is 6.08 Å². The molecule has 0 saturated carbocycles. The molecule has 76 valence electrons. The summed E-state index contributed by atoms with van der Waals surface area (Å²) in [6.07, 6.45) is 5.27. The van der Waals surface area contributed by atoms with Gasteiger partial charge in [0, 0.05) is 0 Å². The molecule has 0 fully saturated rings. The zero-order valence-electron chi connectivity index (χ0n) is 8.31. The molecule has 2 nitrogen and oxygen atoms in total. The molecule has 1 aromatic rings. The Labute approximate surface area is 88.9 Å². The molecule has 0 bridgehead atoms. The van der Waals surface area contributed by atoms with E-state index >= 15 is 0 Å². The van der Waals surface area contributed by atoms with Crippen molar-refractivity contribution >= 4 is 11.5 Å². The minimum atomic E-state index is -0.922. The number of carboxylic acid groups (broad SMARTS) is 1. The van der Waals surface area contributed by atoms with Gasteiger partial charge in [-0.1, -0.05) is 43.5 Å². The molecular formula is C13H12O2. The fourth-order valence-corrected chi connectivity index (χ4v) is 1.11. The highest BCUT2D eigenvalue weighted by molar-refractivity contribution is 5.88. The van der Waals surface area contributed by atoms with Crippen LogP contribution in [0.5, 0.6) is 0 Å². The van der Waals surface area contributed by atoms with Crippen molar-refractivity contribution in [2.75, 3.05) is 0 Å². The lowest BCUT2D eigenvalue weighted by atomic mass is 10.1. The van der Waals surface area contributed by atoms with Gasteiger partial charge in [-0.3, -0.25) is 0 Å². The lowest BCUT2D eigenvalue weighted by molar-refractivity contribution is 0.0697. The van der Waals surface area contributed by atoms with Gasteiger partial charge < -0.3 is 5.11 Å². The number of aromatic carboxylic acids is 1. The van der Waals surface area contributed by atoms with E-state index in [2.05, 4.69) is 13.2 Å². The van der Waals surface area contributed by atoms with Gasteiger partial charge in [-0.25, -0.2) is 4.79 Å². The number of hydrogen-bond donors (Lipinski definition) is 1. The molecule has 0 saturated heterocycles. The second-order valence-electron chi connectivity index (χ2n) is 3.00. The van der Waals surface area contributed by atoms with Gasteiger partial charge in [-0.2, -0.15) is 0 Å². The lowest BCUT2D eigenvalue weighted by Gasteiger charge is -2.00. The molecule has 0 unspecified atom stereocenters. The molecular weight excluding hydrogens is 188 g/mol. The number of benzene rings is 1. The largest absolute Gasteiger partial charge is 0.478 e. The Balaban J connectivity index is 2.89. The van der Waals surface area contributed by atoms with Crippen molar-refractivity contribution in [3.63, 3.8) is 0 Å². The second kappa shape index (κ2) is 4.96. The maximum atomic E-state index is 10.6. The van der Waals surface area contributed by atoms with Crippen molar-refractivity contribution < 1.29 is 9.90 Å². The highest BCUT2D eigenvalue weighted by atomic mass is 16.4. The van der Waals surface area contributed by atoms with Gasteiger partial charge in [-0.05, 0) is 23.3 Å². The number of hydrogen-bond acceptors (Lipinski definition) is 1. The van der Waals surface area contributed by atoms with Crippen molar-refractivity contribution in [3.8, 4) is 0 Å². The van der Waals surface area contributed by atoms with Crippen LogP contribution in [0.25, 0.3) is 5.57 Å². The molecule has 1 N–H and O–H groups in total. The molecule has 0 aliphatic carbocycles. The Kier molecular flexibility index (Phi) is 3.63. The normalized spacial score (nSPS) is 10.1. The van der Waals surface area contributed by atoms with Crippen LogP contribution in [0, 0.1) is 0 Å². The van der Waals surface area contributed by atoms with Crippen LogP contribution >= 0.6 is 0 Å². The average molecular weight is 200 g/mol. The van der Waals surface area contributed by atoms with Gasteiger partial charge in [0.2, 0.25) is 0 Å². The van der Waals surface area contributed by atoms with Crippen LogP contribution in [0.3, 0.4) is 0 Å². The zero-order chi connectivity index (χ0) is 11.3. The Bertz CT molecular complexity index is 411. The summed E-state index contributed by atoms with van der Waals surface area (Å²) in [5, 5.41) is 8.71. The average Bonchev–Trinajstić information content (AvgIpc) is 2.26. The third-order valence-electron chi connectivity index (χ3n) is 1.94. The van der Waals surface area contributed by atoms with Gasteiger partial charge >= 0.3 is 5.97 Å². The SMILES string of the molecule is C=C/C=C\C(=C)c1ccc(C(=O)O)cc1. The summed E-state index contributed by atoms with van der Waals surface area (Å²) >= 11 is 0. The van der Waals surface area contributed by atoms with E-state index in [4.69, 9.17) is 5.11 Å². The van der Waals surface area contributed by atoms with Crippen LogP contribution in [0.1, 0.15) is 15.9 Å². The summed E-state index contributed by atoms with van der Waals surface area (Å²) in [5.41, 5.74) is 2.00. The monoisotopic (exact) mass is 200 g/mol. The van der Waals surface area contributed by atoms with Crippen LogP contribution in [-0.4, -0.2) is 11.1 Å². The fraction of sp³-hybridized carbons (Fsp3) is 0. The van der Waals surface area contributed by atoms with E-state index < -0.39 is 5.97 Å². The highest BCUT2D eigenvalue weighted by Gasteiger charge is 2.01. The first-order valence-electron chi connectivity index (χ1n) is 4.47. The summed E-state index contributed by atoms with van der Waals surface area (Å²) in [6.45, 7) is 7.41. The van der Waals surface area contributed by atoms with Crippen LogP contribution in [0.15, 0.2) is 55.7 Å². The number of carbonyl (C=O) groups is 1. The molecule has 1 rings (SSSR count). The Hall–Kier alpha value is -2.09. The van der Waals surface area contributed by atoms with Crippen LogP contribution in [0.2, 0.25) is 0 Å². The van der Waals surface area contributed by atoms with E-state index in [1.54, 1.807) is 36.4 Å². The van der Waals surface area contributed by atoms with Gasteiger partial charge in [-0.15, -0.1) is 0 Å². The van der Waals surface area contributed by atoms with E-state index in [0.29, 0.717) is 0 Å². The third-order valence-corrected chi connectivity index (χ3v) is 1.94. The van der Waals surface area contributed by atoms with Crippen molar-refractivity contribution in [2.24, 2.45) is 0 Å². The number of allylic oxidation sites excluding steroid dienone is 4. The Morgan fingerprint density at radius 2 is 1.73 bits per heavy atom. The molecule has 0 radical (unpaired) electrons. The highest BCUT2D eigenvalue weighted by Crippen LogP contribution is 2.14. The molecule has 0 amide bonds. The minimum Gasteiger partial charge on any atom is -0.478 e. The predicted octanol–water partition coefficient (Wildman–Crippen LogP) is 3.14. The molecule has 0 aromatic heterocycles. The predicted molar refractivity (Wildman–Crippen MR) is 61.8 cm³/mol. The van der Waals surface area contributed by atoms with E-state index in [-0.39, 0.29) is 5.56 Å². The summed E-state index contributed by atoms with van der Waals surface area (Å²) < 4.78 is 0. The van der Waals surface area contributed by atoms with Crippen LogP contribution in [0.4, 0.5) is 0 Å². The Morgan fingerprint density at radius 3 is 2.20 bits per heavy atom. The molecule has 1 aromatic carbocycles. The van der Waals surface area contributed by atoms with E-state index in [9.17, 15) is 4.79 Å². The number of carboxylic acids is 1. The molecule has 2 heteroatoms. The van der Waals surface area contributed by atoms with E-state index in [1.165, 1.54) is 0 Å².